The molecule has 100 valence electrons. The van der Waals surface area contributed by atoms with E-state index in [-0.39, 0.29) is 5.91 Å². The molecule has 1 heterocycles. The van der Waals surface area contributed by atoms with Crippen molar-refractivity contribution in [1.29, 1.82) is 0 Å². The smallest absolute Gasteiger partial charge is 0.257 e. The number of hydrogen-bond acceptors (Lipinski definition) is 2. The molecule has 0 saturated carbocycles. The van der Waals surface area contributed by atoms with Crippen molar-refractivity contribution in [2.75, 3.05) is 10.6 Å². The van der Waals surface area contributed by atoms with Gasteiger partial charge in [-0.3, -0.25) is 4.79 Å². The third-order valence-electron chi connectivity index (χ3n) is 3.48. The normalized spacial score (nSPS) is 15.1. The molecule has 0 aliphatic carbocycles. The molecule has 0 spiro atoms. The van der Waals surface area contributed by atoms with Crippen LogP contribution in [0.4, 0.5) is 11.4 Å². The van der Waals surface area contributed by atoms with E-state index in [2.05, 4.69) is 23.6 Å². The van der Waals surface area contributed by atoms with E-state index in [4.69, 9.17) is 0 Å². The summed E-state index contributed by atoms with van der Waals surface area (Å²) in [6, 6.07) is 15.8. The van der Waals surface area contributed by atoms with Gasteiger partial charge in [0.25, 0.3) is 5.91 Å². The van der Waals surface area contributed by atoms with Crippen molar-refractivity contribution in [1.82, 2.24) is 0 Å². The van der Waals surface area contributed by atoms with Crippen LogP contribution in [0.5, 0.6) is 0 Å². The Balaban J connectivity index is 1.92. The van der Waals surface area contributed by atoms with Gasteiger partial charge in [-0.1, -0.05) is 43.3 Å². The predicted octanol–water partition coefficient (Wildman–Crippen LogP) is 3.65. The fourth-order valence-corrected chi connectivity index (χ4v) is 2.40. The van der Waals surface area contributed by atoms with Crippen LogP contribution < -0.4 is 10.6 Å². The molecule has 0 radical (unpaired) electrons. The van der Waals surface area contributed by atoms with Gasteiger partial charge in [0.2, 0.25) is 0 Å². The summed E-state index contributed by atoms with van der Waals surface area (Å²) in [7, 11) is 0. The Morgan fingerprint density at radius 1 is 1.10 bits per heavy atom. The van der Waals surface area contributed by atoms with Gasteiger partial charge in [-0.25, -0.2) is 0 Å². The van der Waals surface area contributed by atoms with Gasteiger partial charge >= 0.3 is 0 Å². The number of aryl methyl sites for hydroxylation is 1. The number of anilines is 2. The number of rotatable bonds is 3. The summed E-state index contributed by atoms with van der Waals surface area (Å²) in [5.41, 5.74) is 4.76. The van der Waals surface area contributed by atoms with Crippen LogP contribution >= 0.6 is 0 Å². The fraction of sp³-hybridized carbons (Fsp3) is 0.118. The number of nitrogens with one attached hydrogen (secondary N) is 2. The second-order valence-electron chi connectivity index (χ2n) is 4.71. The maximum absolute atomic E-state index is 12.0. The molecular weight excluding hydrogens is 248 g/mol. The SMILES string of the molecule is CCc1ccccc1NC=C1C(=O)Nc2ccccc21. The van der Waals surface area contributed by atoms with Gasteiger partial charge in [0.15, 0.2) is 0 Å². The fourth-order valence-electron chi connectivity index (χ4n) is 2.40. The van der Waals surface area contributed by atoms with Crippen LogP contribution in [-0.2, 0) is 11.2 Å². The van der Waals surface area contributed by atoms with E-state index in [9.17, 15) is 4.79 Å². The van der Waals surface area contributed by atoms with Crippen molar-refractivity contribution < 1.29 is 4.79 Å². The zero-order valence-electron chi connectivity index (χ0n) is 11.3. The van der Waals surface area contributed by atoms with Crippen molar-refractivity contribution in [2.45, 2.75) is 13.3 Å². The molecule has 3 nitrogen and oxygen atoms in total. The quantitative estimate of drug-likeness (QED) is 0.831. The number of amides is 1. The summed E-state index contributed by atoms with van der Waals surface area (Å²) in [5, 5.41) is 6.12. The van der Waals surface area contributed by atoms with E-state index in [1.165, 1.54) is 5.56 Å². The minimum absolute atomic E-state index is 0.0623. The highest BCUT2D eigenvalue weighted by atomic mass is 16.2. The molecular formula is C17H16N2O. The van der Waals surface area contributed by atoms with E-state index in [0.717, 1.165) is 23.4 Å². The minimum Gasteiger partial charge on any atom is -0.361 e. The lowest BCUT2D eigenvalue weighted by molar-refractivity contribution is -0.110. The van der Waals surface area contributed by atoms with E-state index in [0.29, 0.717) is 5.57 Å². The molecule has 3 rings (SSSR count). The third-order valence-corrected chi connectivity index (χ3v) is 3.48. The molecule has 0 fully saturated rings. The number of fused-ring (bicyclic) bond motifs is 1. The molecule has 0 atom stereocenters. The maximum atomic E-state index is 12.0. The number of carbonyl (C=O) groups is 1. The molecule has 0 unspecified atom stereocenters. The molecule has 2 N–H and O–H groups in total. The lowest BCUT2D eigenvalue weighted by Crippen LogP contribution is -2.05. The number of benzene rings is 2. The van der Waals surface area contributed by atoms with Crippen LogP contribution in [0.25, 0.3) is 5.57 Å². The second kappa shape index (κ2) is 5.21. The predicted molar refractivity (Wildman–Crippen MR) is 82.5 cm³/mol. The summed E-state index contributed by atoms with van der Waals surface area (Å²) >= 11 is 0. The summed E-state index contributed by atoms with van der Waals surface area (Å²) in [6.07, 6.45) is 2.74. The first-order chi connectivity index (χ1) is 9.79. The monoisotopic (exact) mass is 264 g/mol. The van der Waals surface area contributed by atoms with E-state index in [1.54, 1.807) is 6.20 Å². The lowest BCUT2D eigenvalue weighted by atomic mass is 10.1. The molecule has 3 heteroatoms. The van der Waals surface area contributed by atoms with Crippen LogP contribution in [0.15, 0.2) is 54.7 Å². The van der Waals surface area contributed by atoms with Gasteiger partial charge in [0, 0.05) is 23.1 Å². The zero-order chi connectivity index (χ0) is 13.9. The van der Waals surface area contributed by atoms with Crippen LogP contribution in [0.2, 0.25) is 0 Å². The van der Waals surface area contributed by atoms with Crippen molar-refractivity contribution in [3.05, 3.63) is 65.9 Å². The zero-order valence-corrected chi connectivity index (χ0v) is 11.3. The average molecular weight is 264 g/mol. The van der Waals surface area contributed by atoms with Crippen molar-refractivity contribution in [3.8, 4) is 0 Å². The Hall–Kier alpha value is -2.55. The second-order valence-corrected chi connectivity index (χ2v) is 4.71. The van der Waals surface area contributed by atoms with Gasteiger partial charge in [0.05, 0.1) is 5.57 Å². The molecule has 2 aromatic carbocycles. The highest BCUT2D eigenvalue weighted by Crippen LogP contribution is 2.31. The Labute approximate surface area is 118 Å². The van der Waals surface area contributed by atoms with Gasteiger partial charge in [-0.2, -0.15) is 0 Å². The van der Waals surface area contributed by atoms with Crippen LogP contribution in [0.1, 0.15) is 18.1 Å². The van der Waals surface area contributed by atoms with E-state index in [1.807, 2.05) is 42.5 Å². The number of para-hydroxylation sites is 2. The Morgan fingerprint density at radius 2 is 1.85 bits per heavy atom. The Kier molecular flexibility index (Phi) is 3.25. The van der Waals surface area contributed by atoms with Crippen LogP contribution in [0.3, 0.4) is 0 Å². The van der Waals surface area contributed by atoms with E-state index < -0.39 is 0 Å². The summed E-state index contributed by atoms with van der Waals surface area (Å²) in [5.74, 6) is -0.0623. The average Bonchev–Trinajstić information content (AvgIpc) is 2.81. The standard InChI is InChI=1S/C17H16N2O/c1-2-12-7-3-5-9-15(12)18-11-14-13-8-4-6-10-16(13)19-17(14)20/h3-11,18H,2H2,1H3,(H,19,20). The maximum Gasteiger partial charge on any atom is 0.257 e. The third kappa shape index (κ3) is 2.18. The molecule has 2 aromatic rings. The molecule has 1 amide bonds. The molecule has 0 aromatic heterocycles. The lowest BCUT2D eigenvalue weighted by Gasteiger charge is -2.07. The van der Waals surface area contributed by atoms with Crippen molar-refractivity contribution in [3.63, 3.8) is 0 Å². The number of carbonyl (C=O) groups excluding carboxylic acids is 1. The number of hydrogen-bond donors (Lipinski definition) is 2. The summed E-state index contributed by atoms with van der Waals surface area (Å²) in [6.45, 7) is 2.12. The van der Waals surface area contributed by atoms with Crippen LogP contribution in [-0.4, -0.2) is 5.91 Å². The first-order valence-corrected chi connectivity index (χ1v) is 6.75. The molecule has 1 aliphatic rings. The topological polar surface area (TPSA) is 41.1 Å². The molecule has 1 aliphatic heterocycles. The van der Waals surface area contributed by atoms with Gasteiger partial charge < -0.3 is 10.6 Å². The van der Waals surface area contributed by atoms with Gasteiger partial charge in [0.1, 0.15) is 0 Å². The highest BCUT2D eigenvalue weighted by molar-refractivity contribution is 6.31. The van der Waals surface area contributed by atoms with Gasteiger partial charge in [-0.15, -0.1) is 0 Å². The summed E-state index contributed by atoms with van der Waals surface area (Å²) < 4.78 is 0. The summed E-state index contributed by atoms with van der Waals surface area (Å²) in [4.78, 5) is 12.0. The van der Waals surface area contributed by atoms with Crippen molar-refractivity contribution in [2.24, 2.45) is 0 Å². The van der Waals surface area contributed by atoms with Crippen LogP contribution in [0, 0.1) is 0 Å². The van der Waals surface area contributed by atoms with E-state index >= 15 is 0 Å². The molecule has 0 bridgehead atoms. The first-order valence-electron chi connectivity index (χ1n) is 6.75. The van der Waals surface area contributed by atoms with Crippen molar-refractivity contribution >= 4 is 22.9 Å². The largest absolute Gasteiger partial charge is 0.361 e. The molecule has 0 saturated heterocycles. The highest BCUT2D eigenvalue weighted by Gasteiger charge is 2.23. The first kappa shape index (κ1) is 12.5. The van der Waals surface area contributed by atoms with Gasteiger partial charge in [-0.05, 0) is 24.1 Å². The Bertz CT molecular complexity index is 689. The Morgan fingerprint density at radius 3 is 2.70 bits per heavy atom. The molecule has 20 heavy (non-hydrogen) atoms. The minimum atomic E-state index is -0.0623.